The van der Waals surface area contributed by atoms with Crippen LogP contribution in [0.15, 0.2) is 66.4 Å². The summed E-state index contributed by atoms with van der Waals surface area (Å²) in [6.07, 6.45) is 3.20. The predicted molar refractivity (Wildman–Crippen MR) is 106 cm³/mol. The molecule has 0 saturated heterocycles. The summed E-state index contributed by atoms with van der Waals surface area (Å²) in [6, 6.07) is 16.4. The fraction of sp³-hybridized carbons (Fsp3) is 0.318. The van der Waals surface area contributed by atoms with E-state index in [-0.39, 0.29) is 24.0 Å². The number of phenolic OH excluding ortho intramolecular Hbond substituents is 1. The van der Waals surface area contributed by atoms with Gasteiger partial charge in [-0.2, -0.15) is 0 Å². The van der Waals surface area contributed by atoms with Crippen LogP contribution in [-0.2, 0) is 14.3 Å². The summed E-state index contributed by atoms with van der Waals surface area (Å²) in [6.45, 7) is 0.566. The smallest absolute Gasteiger partial charge is 0.290 e. The van der Waals surface area contributed by atoms with Crippen LogP contribution in [0.2, 0.25) is 0 Å². The van der Waals surface area contributed by atoms with Gasteiger partial charge in [0.25, 0.3) is 5.91 Å². The number of aliphatic hydroxyl groups excluding tert-OH is 1. The van der Waals surface area contributed by atoms with E-state index in [1.807, 2.05) is 30.3 Å². The van der Waals surface area contributed by atoms with Gasteiger partial charge in [-0.1, -0.05) is 42.5 Å². The number of carbonyl (C=O) groups excluding carboxylic acids is 1. The number of nitrogens with one attached hydrogen (secondary N) is 1. The minimum atomic E-state index is -0.556. The molecular formula is C22H25NO5. The van der Waals surface area contributed by atoms with Crippen LogP contribution in [0.3, 0.4) is 0 Å². The molecule has 6 heteroatoms. The summed E-state index contributed by atoms with van der Waals surface area (Å²) in [4.78, 5) is 12.7. The standard InChI is InChI=1S/C22H25NO5/c24-12-6-7-13-27-21-15-17(16-8-2-1-3-9-16)14-20(28-21)22(26)23-18-10-4-5-11-19(18)25/h1-5,8-11,14,17,21,24-25H,6-7,12-13,15H2,(H,23,26). The number of amides is 1. The maximum absolute atomic E-state index is 12.7. The molecule has 0 spiro atoms. The molecule has 0 saturated carbocycles. The number of hydrogen-bond acceptors (Lipinski definition) is 5. The Balaban J connectivity index is 1.75. The molecule has 2 atom stereocenters. The van der Waals surface area contributed by atoms with Crippen LogP contribution in [0.4, 0.5) is 5.69 Å². The number of rotatable bonds is 8. The Morgan fingerprint density at radius 2 is 1.86 bits per heavy atom. The van der Waals surface area contributed by atoms with E-state index in [9.17, 15) is 9.90 Å². The molecule has 0 bridgehead atoms. The third-order valence-electron chi connectivity index (χ3n) is 4.52. The molecule has 1 heterocycles. The highest BCUT2D eigenvalue weighted by Crippen LogP contribution is 2.32. The van der Waals surface area contributed by atoms with Gasteiger partial charge in [-0.05, 0) is 36.6 Å². The minimum absolute atomic E-state index is 0.0105. The van der Waals surface area contributed by atoms with Crippen LogP contribution in [0.5, 0.6) is 5.75 Å². The van der Waals surface area contributed by atoms with Gasteiger partial charge in [0.2, 0.25) is 6.29 Å². The molecule has 1 amide bonds. The largest absolute Gasteiger partial charge is 0.506 e. The van der Waals surface area contributed by atoms with E-state index >= 15 is 0 Å². The van der Waals surface area contributed by atoms with Crippen molar-refractivity contribution in [3.8, 4) is 5.75 Å². The van der Waals surface area contributed by atoms with E-state index in [1.54, 1.807) is 24.3 Å². The zero-order valence-electron chi connectivity index (χ0n) is 15.6. The summed E-state index contributed by atoms with van der Waals surface area (Å²) >= 11 is 0. The second-order valence-electron chi connectivity index (χ2n) is 6.60. The molecule has 28 heavy (non-hydrogen) atoms. The zero-order chi connectivity index (χ0) is 19.8. The van der Waals surface area contributed by atoms with Gasteiger partial charge in [0.1, 0.15) is 5.75 Å². The molecule has 148 valence electrons. The van der Waals surface area contributed by atoms with Gasteiger partial charge in [-0.25, -0.2) is 0 Å². The Morgan fingerprint density at radius 3 is 2.61 bits per heavy atom. The summed E-state index contributed by atoms with van der Waals surface area (Å²) < 4.78 is 11.6. The number of aliphatic hydroxyl groups is 1. The van der Waals surface area contributed by atoms with Crippen molar-refractivity contribution in [2.45, 2.75) is 31.5 Å². The lowest BCUT2D eigenvalue weighted by molar-refractivity contribution is -0.143. The Hall–Kier alpha value is -2.83. The maximum Gasteiger partial charge on any atom is 0.290 e. The van der Waals surface area contributed by atoms with Gasteiger partial charge in [0.15, 0.2) is 5.76 Å². The van der Waals surface area contributed by atoms with Crippen molar-refractivity contribution < 1.29 is 24.5 Å². The maximum atomic E-state index is 12.7. The molecule has 2 unspecified atom stereocenters. The highest BCUT2D eigenvalue weighted by molar-refractivity contribution is 6.03. The highest BCUT2D eigenvalue weighted by atomic mass is 16.7. The minimum Gasteiger partial charge on any atom is -0.506 e. The van der Waals surface area contributed by atoms with Gasteiger partial charge < -0.3 is 25.0 Å². The molecule has 2 aromatic rings. The molecule has 0 aliphatic carbocycles. The van der Waals surface area contributed by atoms with Gasteiger partial charge in [-0.15, -0.1) is 0 Å². The number of carbonyl (C=O) groups is 1. The van der Waals surface area contributed by atoms with Crippen LogP contribution >= 0.6 is 0 Å². The van der Waals surface area contributed by atoms with E-state index in [0.29, 0.717) is 25.1 Å². The molecule has 0 fully saturated rings. The molecule has 2 aromatic carbocycles. The SMILES string of the molecule is O=C(Nc1ccccc1O)C1=CC(c2ccccc2)CC(OCCCCO)O1. The monoisotopic (exact) mass is 383 g/mol. The third kappa shape index (κ3) is 5.34. The van der Waals surface area contributed by atoms with E-state index in [1.165, 1.54) is 6.07 Å². The first-order chi connectivity index (χ1) is 13.7. The summed E-state index contributed by atoms with van der Waals surface area (Å²) in [5, 5.41) is 21.5. The lowest BCUT2D eigenvalue weighted by Gasteiger charge is -2.29. The lowest BCUT2D eigenvalue weighted by atomic mass is 9.93. The first-order valence-electron chi connectivity index (χ1n) is 9.42. The van der Waals surface area contributed by atoms with E-state index in [2.05, 4.69) is 5.32 Å². The Labute approximate surface area is 164 Å². The average Bonchev–Trinajstić information content (AvgIpc) is 2.73. The van der Waals surface area contributed by atoms with Gasteiger partial charge in [-0.3, -0.25) is 4.79 Å². The molecule has 0 aromatic heterocycles. The fourth-order valence-electron chi connectivity index (χ4n) is 3.04. The fourth-order valence-corrected chi connectivity index (χ4v) is 3.04. The summed E-state index contributed by atoms with van der Waals surface area (Å²) in [7, 11) is 0. The normalized spacial score (nSPS) is 18.8. The van der Waals surface area contributed by atoms with Gasteiger partial charge >= 0.3 is 0 Å². The molecule has 1 aliphatic rings. The van der Waals surface area contributed by atoms with Crippen LogP contribution in [-0.4, -0.2) is 35.6 Å². The number of benzene rings is 2. The van der Waals surface area contributed by atoms with Crippen LogP contribution in [0, 0.1) is 0 Å². The Bertz CT molecular complexity index is 806. The van der Waals surface area contributed by atoms with Crippen molar-refractivity contribution in [3.63, 3.8) is 0 Å². The number of para-hydroxylation sites is 2. The predicted octanol–water partition coefficient (Wildman–Crippen LogP) is 3.53. The van der Waals surface area contributed by atoms with E-state index in [4.69, 9.17) is 14.6 Å². The zero-order valence-corrected chi connectivity index (χ0v) is 15.6. The van der Waals surface area contributed by atoms with Gasteiger partial charge in [0.05, 0.1) is 12.3 Å². The number of aromatic hydroxyl groups is 1. The average molecular weight is 383 g/mol. The van der Waals surface area contributed by atoms with Crippen molar-refractivity contribution in [3.05, 3.63) is 72.0 Å². The molecular weight excluding hydrogens is 358 g/mol. The van der Waals surface area contributed by atoms with E-state index in [0.717, 1.165) is 12.0 Å². The number of anilines is 1. The van der Waals surface area contributed by atoms with Crippen molar-refractivity contribution in [1.29, 1.82) is 0 Å². The number of unbranched alkanes of at least 4 members (excludes halogenated alkanes) is 1. The first kappa shape index (κ1) is 19.9. The molecule has 6 nitrogen and oxygen atoms in total. The lowest BCUT2D eigenvalue weighted by Crippen LogP contribution is -2.29. The van der Waals surface area contributed by atoms with Crippen molar-refractivity contribution in [2.24, 2.45) is 0 Å². The second kappa shape index (κ2) is 9.92. The van der Waals surface area contributed by atoms with E-state index < -0.39 is 12.2 Å². The Kier molecular flexibility index (Phi) is 7.06. The van der Waals surface area contributed by atoms with Crippen LogP contribution in [0.1, 0.15) is 30.7 Å². The van der Waals surface area contributed by atoms with Crippen molar-refractivity contribution >= 4 is 11.6 Å². The van der Waals surface area contributed by atoms with Crippen molar-refractivity contribution in [2.75, 3.05) is 18.5 Å². The number of hydrogen-bond donors (Lipinski definition) is 3. The Morgan fingerprint density at radius 1 is 1.11 bits per heavy atom. The van der Waals surface area contributed by atoms with Crippen LogP contribution < -0.4 is 5.32 Å². The molecule has 3 rings (SSSR count). The molecule has 0 radical (unpaired) electrons. The molecule has 3 N–H and O–H groups in total. The highest BCUT2D eigenvalue weighted by Gasteiger charge is 2.29. The summed E-state index contributed by atoms with van der Waals surface area (Å²) in [5.74, 6) is -0.312. The summed E-state index contributed by atoms with van der Waals surface area (Å²) in [5.41, 5.74) is 1.39. The van der Waals surface area contributed by atoms with Crippen molar-refractivity contribution in [1.82, 2.24) is 0 Å². The quantitative estimate of drug-likeness (QED) is 0.479. The first-order valence-corrected chi connectivity index (χ1v) is 9.42. The topological polar surface area (TPSA) is 88.0 Å². The van der Waals surface area contributed by atoms with Gasteiger partial charge in [0, 0.05) is 18.9 Å². The van der Waals surface area contributed by atoms with Crippen LogP contribution in [0.25, 0.3) is 0 Å². The molecule has 1 aliphatic heterocycles. The number of phenols is 1. The third-order valence-corrected chi connectivity index (χ3v) is 4.52. The number of allylic oxidation sites excluding steroid dienone is 1. The number of ether oxygens (including phenoxy) is 2. The second-order valence-corrected chi connectivity index (χ2v) is 6.60.